The fourth-order valence-corrected chi connectivity index (χ4v) is 1.83. The first-order valence-corrected chi connectivity index (χ1v) is 6.40. The van der Waals surface area contributed by atoms with Crippen LogP contribution in [-0.4, -0.2) is 10.1 Å². The fraction of sp³-hybridized carbons (Fsp3) is 0.0625. The summed E-state index contributed by atoms with van der Waals surface area (Å²) in [5, 5.41) is 3.94. The predicted molar refractivity (Wildman–Crippen MR) is 75.4 cm³/mol. The fourth-order valence-electron chi connectivity index (χ4n) is 1.83. The molecule has 0 bridgehead atoms. The van der Waals surface area contributed by atoms with E-state index in [0.29, 0.717) is 18.3 Å². The highest BCUT2D eigenvalue weighted by Crippen LogP contribution is 2.05. The number of rotatable bonds is 4. The summed E-state index contributed by atoms with van der Waals surface area (Å²) in [6.07, 6.45) is 7.73. The van der Waals surface area contributed by atoms with E-state index in [4.69, 9.17) is 4.52 Å². The molecule has 0 saturated heterocycles. The summed E-state index contributed by atoms with van der Waals surface area (Å²) in [7, 11) is 0. The van der Waals surface area contributed by atoms with Gasteiger partial charge < -0.3 is 16.9 Å². The van der Waals surface area contributed by atoms with Gasteiger partial charge in [0.1, 0.15) is 0 Å². The van der Waals surface area contributed by atoms with Gasteiger partial charge in [0.05, 0.1) is 0 Å². The first-order valence-electron chi connectivity index (χ1n) is 6.40. The number of pyridine rings is 1. The molecule has 0 aliphatic heterocycles. The van der Waals surface area contributed by atoms with Crippen molar-refractivity contribution in [1.29, 1.82) is 0 Å². The minimum Gasteiger partial charge on any atom is -1.00 e. The molecule has 2 aromatic heterocycles. The van der Waals surface area contributed by atoms with Crippen LogP contribution in [0.2, 0.25) is 0 Å². The highest BCUT2D eigenvalue weighted by Gasteiger charge is 2.08. The minimum atomic E-state index is 0. The monoisotopic (exact) mass is 299 g/mol. The Morgan fingerprint density at radius 3 is 2.43 bits per heavy atom. The normalized spacial score (nSPS) is 10.5. The van der Waals surface area contributed by atoms with Crippen molar-refractivity contribution >= 4 is 12.2 Å². The standard InChI is InChI=1S/C16H14N3O.ClH/c1-3-7-14(8-4-1)9-10-15-17-16(20-18-15)13-19-11-5-2-6-12-19;/h1-12H,13H2;1H/q+1;/p-1/b10-9+;. The Hall–Kier alpha value is -2.46. The van der Waals surface area contributed by atoms with E-state index < -0.39 is 0 Å². The molecule has 4 nitrogen and oxygen atoms in total. The molecule has 0 aliphatic rings. The third-order valence-corrected chi connectivity index (χ3v) is 2.80. The number of halogens is 1. The van der Waals surface area contributed by atoms with E-state index in [2.05, 4.69) is 10.1 Å². The van der Waals surface area contributed by atoms with Gasteiger partial charge in [0.25, 0.3) is 5.89 Å². The second-order valence-electron chi connectivity index (χ2n) is 4.34. The Balaban J connectivity index is 0.00000161. The molecule has 0 fully saturated rings. The molecule has 0 N–H and O–H groups in total. The van der Waals surface area contributed by atoms with Gasteiger partial charge in [0.15, 0.2) is 18.2 Å². The molecule has 5 heteroatoms. The summed E-state index contributed by atoms with van der Waals surface area (Å²) in [5.41, 5.74) is 1.11. The third kappa shape index (κ3) is 4.26. The molecule has 3 rings (SSSR count). The van der Waals surface area contributed by atoms with Crippen LogP contribution in [0.1, 0.15) is 17.3 Å². The summed E-state index contributed by atoms with van der Waals surface area (Å²) >= 11 is 0. The number of hydrogen-bond donors (Lipinski definition) is 0. The second kappa shape index (κ2) is 7.36. The quantitative estimate of drug-likeness (QED) is 0.615. The maximum absolute atomic E-state index is 5.22. The molecule has 0 radical (unpaired) electrons. The lowest BCUT2D eigenvalue weighted by Gasteiger charge is -1.89. The topological polar surface area (TPSA) is 42.8 Å². The molecular weight excluding hydrogens is 286 g/mol. The van der Waals surface area contributed by atoms with Crippen LogP contribution in [0.25, 0.3) is 12.2 Å². The van der Waals surface area contributed by atoms with E-state index in [1.54, 1.807) is 0 Å². The van der Waals surface area contributed by atoms with Crippen molar-refractivity contribution in [3.8, 4) is 0 Å². The van der Waals surface area contributed by atoms with E-state index >= 15 is 0 Å². The van der Waals surface area contributed by atoms with Gasteiger partial charge in [-0.25, -0.2) is 0 Å². The smallest absolute Gasteiger partial charge is 0.292 e. The summed E-state index contributed by atoms with van der Waals surface area (Å²) < 4.78 is 7.21. The van der Waals surface area contributed by atoms with E-state index in [1.807, 2.05) is 77.6 Å². The number of nitrogens with zero attached hydrogens (tertiary/aromatic N) is 3. The predicted octanol–water partition coefficient (Wildman–Crippen LogP) is -0.420. The Labute approximate surface area is 129 Å². The molecule has 0 aliphatic carbocycles. The molecule has 0 unspecified atom stereocenters. The van der Waals surface area contributed by atoms with Crippen molar-refractivity contribution < 1.29 is 21.5 Å². The van der Waals surface area contributed by atoms with E-state index in [0.717, 1.165) is 5.56 Å². The first-order chi connectivity index (χ1) is 9.90. The molecule has 0 amide bonds. The van der Waals surface area contributed by atoms with Crippen LogP contribution in [0.4, 0.5) is 0 Å². The van der Waals surface area contributed by atoms with Crippen molar-refractivity contribution in [3.05, 3.63) is 78.2 Å². The van der Waals surface area contributed by atoms with E-state index in [1.165, 1.54) is 0 Å². The van der Waals surface area contributed by atoms with Gasteiger partial charge in [0.2, 0.25) is 6.54 Å². The van der Waals surface area contributed by atoms with Crippen LogP contribution in [0.15, 0.2) is 65.4 Å². The number of hydrogen-bond acceptors (Lipinski definition) is 3. The SMILES string of the molecule is C(=C\c1noc(C[n+]2ccccc2)n1)/c1ccccc1.[Cl-]. The van der Waals surface area contributed by atoms with Crippen LogP contribution in [0.5, 0.6) is 0 Å². The number of benzene rings is 1. The first kappa shape index (κ1) is 14.9. The van der Waals surface area contributed by atoms with Gasteiger partial charge in [-0.15, -0.1) is 0 Å². The molecule has 0 atom stereocenters. The molecule has 3 aromatic rings. The van der Waals surface area contributed by atoms with E-state index in [-0.39, 0.29) is 12.4 Å². The largest absolute Gasteiger partial charge is 1.00 e. The van der Waals surface area contributed by atoms with Crippen LogP contribution in [0.3, 0.4) is 0 Å². The number of aromatic nitrogens is 3. The van der Waals surface area contributed by atoms with Crippen molar-refractivity contribution in [2.45, 2.75) is 6.54 Å². The van der Waals surface area contributed by atoms with Crippen molar-refractivity contribution in [1.82, 2.24) is 10.1 Å². The summed E-state index contributed by atoms with van der Waals surface area (Å²) in [5.74, 6) is 1.18. The molecule has 2 heterocycles. The molecule has 21 heavy (non-hydrogen) atoms. The van der Waals surface area contributed by atoms with Crippen molar-refractivity contribution in [2.24, 2.45) is 0 Å². The van der Waals surface area contributed by atoms with Gasteiger partial charge >= 0.3 is 0 Å². The maximum atomic E-state index is 5.22. The Kier molecular flexibility index (Phi) is 5.23. The molecular formula is C16H14ClN3O. The van der Waals surface area contributed by atoms with Crippen molar-refractivity contribution in [3.63, 3.8) is 0 Å². The van der Waals surface area contributed by atoms with Crippen LogP contribution in [-0.2, 0) is 6.54 Å². The van der Waals surface area contributed by atoms with Gasteiger partial charge in [-0.2, -0.15) is 9.55 Å². The maximum Gasteiger partial charge on any atom is 0.292 e. The average molecular weight is 300 g/mol. The molecule has 1 aromatic carbocycles. The van der Waals surface area contributed by atoms with Crippen LogP contribution < -0.4 is 17.0 Å². The van der Waals surface area contributed by atoms with E-state index in [9.17, 15) is 0 Å². The van der Waals surface area contributed by atoms with Crippen LogP contribution in [0, 0.1) is 0 Å². The Morgan fingerprint density at radius 1 is 0.952 bits per heavy atom. The molecule has 0 spiro atoms. The zero-order valence-electron chi connectivity index (χ0n) is 11.3. The molecule has 0 saturated carbocycles. The lowest BCUT2D eigenvalue weighted by molar-refractivity contribution is -0.690. The minimum absolute atomic E-state index is 0. The highest BCUT2D eigenvalue weighted by molar-refractivity contribution is 5.66. The van der Waals surface area contributed by atoms with Crippen LogP contribution >= 0.6 is 0 Å². The lowest BCUT2D eigenvalue weighted by Crippen LogP contribution is -3.00. The highest BCUT2D eigenvalue weighted by atomic mass is 35.5. The summed E-state index contributed by atoms with van der Waals surface area (Å²) in [6, 6.07) is 15.9. The Bertz CT molecular complexity index is 696. The Morgan fingerprint density at radius 2 is 1.67 bits per heavy atom. The zero-order valence-corrected chi connectivity index (χ0v) is 12.0. The molecule has 106 valence electrons. The lowest BCUT2D eigenvalue weighted by atomic mass is 10.2. The summed E-state index contributed by atoms with van der Waals surface area (Å²) in [4.78, 5) is 4.34. The van der Waals surface area contributed by atoms with Gasteiger partial charge in [-0.3, -0.25) is 0 Å². The van der Waals surface area contributed by atoms with Crippen molar-refractivity contribution in [2.75, 3.05) is 0 Å². The van der Waals surface area contributed by atoms with Gasteiger partial charge in [0, 0.05) is 12.1 Å². The van der Waals surface area contributed by atoms with Gasteiger partial charge in [-0.1, -0.05) is 47.6 Å². The van der Waals surface area contributed by atoms with Gasteiger partial charge in [-0.05, 0) is 11.6 Å². The second-order valence-corrected chi connectivity index (χ2v) is 4.34. The average Bonchev–Trinajstić information content (AvgIpc) is 2.95. The third-order valence-electron chi connectivity index (χ3n) is 2.80. The zero-order chi connectivity index (χ0) is 13.6. The summed E-state index contributed by atoms with van der Waals surface area (Å²) in [6.45, 7) is 0.576.